The van der Waals surface area contributed by atoms with E-state index in [4.69, 9.17) is 14.5 Å². The predicted octanol–water partition coefficient (Wildman–Crippen LogP) is 2.87. The average Bonchev–Trinajstić information content (AvgIpc) is 2.80. The van der Waals surface area contributed by atoms with Crippen LogP contribution in [-0.4, -0.2) is 55.2 Å². The Kier molecular flexibility index (Phi) is 7.30. The molecule has 31 heavy (non-hydrogen) atoms. The molecule has 168 valence electrons. The molecule has 1 N–H and O–H groups in total. The van der Waals surface area contributed by atoms with Gasteiger partial charge in [0.15, 0.2) is 0 Å². The lowest BCUT2D eigenvalue weighted by Gasteiger charge is -2.33. The Balaban J connectivity index is 1.78. The second-order valence-corrected chi connectivity index (χ2v) is 8.17. The lowest BCUT2D eigenvalue weighted by atomic mass is 9.94. The summed E-state index contributed by atoms with van der Waals surface area (Å²) >= 11 is 0. The van der Waals surface area contributed by atoms with Crippen LogP contribution in [0.2, 0.25) is 0 Å². The fraction of sp³-hybridized carbons (Fsp3) is 0.565. The third-order valence-electron chi connectivity index (χ3n) is 6.12. The van der Waals surface area contributed by atoms with Crippen molar-refractivity contribution in [1.82, 2.24) is 15.3 Å². The smallest absolute Gasteiger partial charge is 0.328 e. The Hall–Kier alpha value is -2.90. The number of piperidine rings is 1. The highest BCUT2D eigenvalue weighted by Crippen LogP contribution is 2.26. The third-order valence-corrected chi connectivity index (χ3v) is 6.12. The molecule has 1 amide bonds. The summed E-state index contributed by atoms with van der Waals surface area (Å²) in [5.41, 5.74) is 1.70. The van der Waals surface area contributed by atoms with E-state index in [0.29, 0.717) is 12.5 Å². The number of esters is 1. The first-order valence-corrected chi connectivity index (χ1v) is 10.8. The largest absolute Gasteiger partial charge is 0.497 e. The molecule has 8 heteroatoms. The number of nitrogens with zero attached hydrogens (tertiary/aromatic N) is 3. The quantitative estimate of drug-likeness (QED) is 0.678. The third kappa shape index (κ3) is 5.06. The number of methoxy groups -OCH3 is 2. The van der Waals surface area contributed by atoms with E-state index in [1.807, 2.05) is 39.0 Å². The fourth-order valence-electron chi connectivity index (χ4n) is 3.96. The lowest BCUT2D eigenvalue weighted by Crippen LogP contribution is -2.51. The molecule has 1 aromatic heterocycles. The Labute approximate surface area is 183 Å². The van der Waals surface area contributed by atoms with Crippen molar-refractivity contribution in [3.63, 3.8) is 0 Å². The number of rotatable bonds is 7. The summed E-state index contributed by atoms with van der Waals surface area (Å²) in [6, 6.07) is 5.12. The van der Waals surface area contributed by atoms with Gasteiger partial charge in [-0.05, 0) is 37.8 Å². The number of carbonyl (C=O) groups excluding carboxylic acids is 2. The van der Waals surface area contributed by atoms with Gasteiger partial charge in [-0.3, -0.25) is 4.79 Å². The number of fused-ring (bicyclic) bond motifs is 1. The van der Waals surface area contributed by atoms with Gasteiger partial charge in [0.1, 0.15) is 11.8 Å². The molecule has 1 saturated heterocycles. The molecular weight excluding hydrogens is 396 g/mol. The number of nitrogens with one attached hydrogen (secondary N) is 1. The van der Waals surface area contributed by atoms with E-state index >= 15 is 0 Å². The number of aryl methyl sites for hydroxylation is 1. The second kappa shape index (κ2) is 9.94. The molecule has 2 aromatic rings. The van der Waals surface area contributed by atoms with Crippen LogP contribution in [0.1, 0.15) is 38.8 Å². The normalized spacial score (nSPS) is 18.4. The monoisotopic (exact) mass is 428 g/mol. The standard InChI is InChI=1S/C23H32N4O4/c1-6-14(2)20(22(29)31-5)26-21(28)16-8-7-11-27(13-16)23-24-15(3)18-10-9-17(30-4)12-19(18)25-23/h9-10,12,14,16,20H,6-8,11,13H2,1-5H3,(H,26,28)/t14-,16-,20-/m0/s1. The molecule has 1 aliphatic heterocycles. The summed E-state index contributed by atoms with van der Waals surface area (Å²) in [6.45, 7) is 7.18. The van der Waals surface area contributed by atoms with Crippen LogP contribution in [0.15, 0.2) is 18.2 Å². The summed E-state index contributed by atoms with van der Waals surface area (Å²) < 4.78 is 10.2. The number of hydrogen-bond donors (Lipinski definition) is 1. The van der Waals surface area contributed by atoms with Crippen molar-refractivity contribution in [1.29, 1.82) is 0 Å². The minimum absolute atomic E-state index is 0.00227. The summed E-state index contributed by atoms with van der Waals surface area (Å²) in [4.78, 5) is 36.6. The van der Waals surface area contributed by atoms with Gasteiger partial charge in [-0.1, -0.05) is 20.3 Å². The van der Waals surface area contributed by atoms with Crippen LogP contribution in [0, 0.1) is 18.8 Å². The van der Waals surface area contributed by atoms with Crippen LogP contribution in [0.4, 0.5) is 5.95 Å². The summed E-state index contributed by atoms with van der Waals surface area (Å²) in [5.74, 6) is 0.582. The van der Waals surface area contributed by atoms with Gasteiger partial charge in [0.05, 0.1) is 31.3 Å². The van der Waals surface area contributed by atoms with E-state index in [-0.39, 0.29) is 17.7 Å². The first-order valence-electron chi connectivity index (χ1n) is 10.8. The molecule has 1 aliphatic rings. The maximum absolute atomic E-state index is 13.0. The molecule has 0 aliphatic carbocycles. The number of aromatic nitrogens is 2. The van der Waals surface area contributed by atoms with Crippen molar-refractivity contribution in [2.45, 2.75) is 46.1 Å². The van der Waals surface area contributed by atoms with Gasteiger partial charge in [-0.25, -0.2) is 14.8 Å². The van der Waals surface area contributed by atoms with Crippen LogP contribution in [0.25, 0.3) is 10.9 Å². The molecule has 0 unspecified atom stereocenters. The highest BCUT2D eigenvalue weighted by Gasteiger charge is 2.32. The van der Waals surface area contributed by atoms with E-state index in [1.165, 1.54) is 7.11 Å². The van der Waals surface area contributed by atoms with Crippen LogP contribution in [0.5, 0.6) is 5.75 Å². The van der Waals surface area contributed by atoms with Crippen molar-refractivity contribution < 1.29 is 19.1 Å². The Morgan fingerprint density at radius 2 is 2.06 bits per heavy atom. The molecule has 8 nitrogen and oxygen atoms in total. The number of ether oxygens (including phenoxy) is 2. The lowest BCUT2D eigenvalue weighted by molar-refractivity contribution is -0.147. The van der Waals surface area contributed by atoms with Crippen molar-refractivity contribution >= 4 is 28.7 Å². The van der Waals surface area contributed by atoms with Crippen molar-refractivity contribution in [2.75, 3.05) is 32.2 Å². The molecule has 2 heterocycles. The van der Waals surface area contributed by atoms with Crippen molar-refractivity contribution in [3.05, 3.63) is 23.9 Å². The van der Waals surface area contributed by atoms with E-state index < -0.39 is 12.0 Å². The first-order chi connectivity index (χ1) is 14.9. The van der Waals surface area contributed by atoms with Crippen LogP contribution in [-0.2, 0) is 14.3 Å². The maximum atomic E-state index is 13.0. The SMILES string of the molecule is CC[C@H](C)[C@H](NC(=O)[C@H]1CCCN(c2nc(C)c3ccc(OC)cc3n2)C1)C(=O)OC. The van der Waals surface area contributed by atoms with Gasteiger partial charge in [0, 0.05) is 24.5 Å². The highest BCUT2D eigenvalue weighted by atomic mass is 16.5. The Bertz CT molecular complexity index is 949. The molecule has 0 spiro atoms. The molecule has 3 rings (SSSR count). The first kappa shape index (κ1) is 22.8. The molecule has 0 saturated carbocycles. The molecule has 0 bridgehead atoms. The van der Waals surface area contributed by atoms with Gasteiger partial charge >= 0.3 is 5.97 Å². The number of amides is 1. The summed E-state index contributed by atoms with van der Waals surface area (Å²) in [6.07, 6.45) is 2.38. The average molecular weight is 429 g/mol. The van der Waals surface area contributed by atoms with Gasteiger partial charge < -0.3 is 19.7 Å². The summed E-state index contributed by atoms with van der Waals surface area (Å²) in [5, 5.41) is 3.90. The van der Waals surface area contributed by atoms with E-state index in [0.717, 1.165) is 48.2 Å². The predicted molar refractivity (Wildman–Crippen MR) is 119 cm³/mol. The zero-order valence-corrected chi connectivity index (χ0v) is 19.0. The van der Waals surface area contributed by atoms with E-state index in [9.17, 15) is 9.59 Å². The molecular formula is C23H32N4O4. The fourth-order valence-corrected chi connectivity index (χ4v) is 3.96. The topological polar surface area (TPSA) is 93.7 Å². The second-order valence-electron chi connectivity index (χ2n) is 8.17. The highest BCUT2D eigenvalue weighted by molar-refractivity contribution is 5.86. The number of anilines is 1. The van der Waals surface area contributed by atoms with E-state index in [1.54, 1.807) is 7.11 Å². The molecule has 1 aromatic carbocycles. The molecule has 0 radical (unpaired) electrons. The van der Waals surface area contributed by atoms with Crippen LogP contribution >= 0.6 is 0 Å². The zero-order chi connectivity index (χ0) is 22.5. The van der Waals surface area contributed by atoms with Crippen molar-refractivity contribution in [2.24, 2.45) is 11.8 Å². The molecule has 1 fully saturated rings. The Morgan fingerprint density at radius 3 is 2.74 bits per heavy atom. The minimum Gasteiger partial charge on any atom is -0.497 e. The Morgan fingerprint density at radius 1 is 1.29 bits per heavy atom. The van der Waals surface area contributed by atoms with Gasteiger partial charge in [-0.15, -0.1) is 0 Å². The number of carbonyl (C=O) groups is 2. The van der Waals surface area contributed by atoms with Gasteiger partial charge in [0.25, 0.3) is 0 Å². The number of benzene rings is 1. The van der Waals surface area contributed by atoms with E-state index in [2.05, 4.69) is 15.2 Å². The zero-order valence-electron chi connectivity index (χ0n) is 19.0. The van der Waals surface area contributed by atoms with Gasteiger partial charge in [0.2, 0.25) is 11.9 Å². The van der Waals surface area contributed by atoms with Crippen LogP contribution < -0.4 is 15.0 Å². The summed E-state index contributed by atoms with van der Waals surface area (Å²) in [7, 11) is 2.98. The van der Waals surface area contributed by atoms with Gasteiger partial charge in [-0.2, -0.15) is 0 Å². The molecule has 3 atom stereocenters. The number of hydrogen-bond acceptors (Lipinski definition) is 7. The minimum atomic E-state index is -0.635. The van der Waals surface area contributed by atoms with Crippen LogP contribution in [0.3, 0.4) is 0 Å². The maximum Gasteiger partial charge on any atom is 0.328 e. The van der Waals surface area contributed by atoms with Crippen molar-refractivity contribution in [3.8, 4) is 5.75 Å².